The molecule has 0 unspecified atom stereocenters. The number of anilines is 1. The first-order valence-corrected chi connectivity index (χ1v) is 9.93. The summed E-state index contributed by atoms with van der Waals surface area (Å²) in [6, 6.07) is 15.4. The molecule has 7 nitrogen and oxygen atoms in total. The lowest BCUT2D eigenvalue weighted by Crippen LogP contribution is -2.14. The maximum atomic E-state index is 12.6. The van der Waals surface area contributed by atoms with Crippen molar-refractivity contribution in [3.8, 4) is 11.4 Å². The smallest absolute Gasteiger partial charge is 0.280 e. The molecule has 1 amide bonds. The minimum absolute atomic E-state index is 0.0207. The highest BCUT2D eigenvalue weighted by Crippen LogP contribution is 2.21. The number of ether oxygens (including phenoxy) is 1. The number of rotatable bonds is 6. The standard InChI is InChI=1S/C19H19N3O4S/c1-3-27(24,25)16-11-9-14(10-12-16)20-19(23)18-17(26-2)13-22(21-18)15-7-5-4-6-8-15/h4-13H,3H2,1-2H3,(H,20,23). The summed E-state index contributed by atoms with van der Waals surface area (Å²) in [5.41, 5.74) is 1.39. The van der Waals surface area contributed by atoms with Crippen molar-refractivity contribution in [1.82, 2.24) is 9.78 Å². The number of amides is 1. The van der Waals surface area contributed by atoms with Gasteiger partial charge in [-0.1, -0.05) is 25.1 Å². The van der Waals surface area contributed by atoms with Gasteiger partial charge < -0.3 is 10.1 Å². The minimum Gasteiger partial charge on any atom is -0.493 e. The number of benzene rings is 2. The normalized spacial score (nSPS) is 11.2. The number of carbonyl (C=O) groups is 1. The fourth-order valence-corrected chi connectivity index (χ4v) is 3.36. The van der Waals surface area contributed by atoms with Gasteiger partial charge in [-0.25, -0.2) is 13.1 Å². The summed E-state index contributed by atoms with van der Waals surface area (Å²) in [5, 5.41) is 7.01. The molecular formula is C19H19N3O4S. The van der Waals surface area contributed by atoms with Crippen molar-refractivity contribution in [2.75, 3.05) is 18.2 Å². The summed E-state index contributed by atoms with van der Waals surface area (Å²) in [6.45, 7) is 1.58. The number of carbonyl (C=O) groups excluding carboxylic acids is 1. The monoisotopic (exact) mass is 385 g/mol. The van der Waals surface area contributed by atoms with Gasteiger partial charge in [0.1, 0.15) is 0 Å². The Morgan fingerprint density at radius 3 is 2.37 bits per heavy atom. The summed E-state index contributed by atoms with van der Waals surface area (Å²) in [6.07, 6.45) is 1.63. The molecule has 3 rings (SSSR count). The minimum atomic E-state index is -3.28. The molecule has 140 valence electrons. The van der Waals surface area contributed by atoms with Gasteiger partial charge in [0.25, 0.3) is 5.91 Å². The number of hydrogen-bond donors (Lipinski definition) is 1. The maximum absolute atomic E-state index is 12.6. The number of nitrogens with zero attached hydrogens (tertiary/aromatic N) is 2. The maximum Gasteiger partial charge on any atom is 0.280 e. The lowest BCUT2D eigenvalue weighted by atomic mass is 10.3. The van der Waals surface area contributed by atoms with E-state index in [4.69, 9.17) is 4.74 Å². The van der Waals surface area contributed by atoms with Crippen LogP contribution in [0.25, 0.3) is 5.69 Å². The molecule has 0 aliphatic carbocycles. The van der Waals surface area contributed by atoms with Crippen molar-refractivity contribution < 1.29 is 17.9 Å². The Hall–Kier alpha value is -3.13. The van der Waals surface area contributed by atoms with Crippen LogP contribution < -0.4 is 10.1 Å². The van der Waals surface area contributed by atoms with Crippen LogP contribution in [-0.4, -0.2) is 37.0 Å². The molecule has 0 saturated heterocycles. The van der Waals surface area contributed by atoms with Gasteiger partial charge >= 0.3 is 0 Å². The Morgan fingerprint density at radius 2 is 1.78 bits per heavy atom. The second-order valence-electron chi connectivity index (χ2n) is 5.71. The Morgan fingerprint density at radius 1 is 1.11 bits per heavy atom. The van der Waals surface area contributed by atoms with Crippen LogP contribution in [0.3, 0.4) is 0 Å². The summed E-state index contributed by atoms with van der Waals surface area (Å²) in [7, 11) is -1.82. The van der Waals surface area contributed by atoms with Gasteiger partial charge in [-0.05, 0) is 36.4 Å². The molecule has 1 heterocycles. The molecule has 0 radical (unpaired) electrons. The third-order valence-corrected chi connectivity index (χ3v) is 5.74. The molecule has 1 aromatic heterocycles. The van der Waals surface area contributed by atoms with E-state index in [1.165, 1.54) is 19.2 Å². The van der Waals surface area contributed by atoms with Gasteiger partial charge in [0.15, 0.2) is 21.3 Å². The average molecular weight is 385 g/mol. The lowest BCUT2D eigenvalue weighted by molar-refractivity contribution is 0.101. The van der Waals surface area contributed by atoms with Gasteiger partial charge in [0, 0.05) is 5.69 Å². The van der Waals surface area contributed by atoms with E-state index in [-0.39, 0.29) is 16.3 Å². The molecule has 0 saturated carbocycles. The van der Waals surface area contributed by atoms with Crippen LogP contribution in [-0.2, 0) is 9.84 Å². The van der Waals surface area contributed by atoms with Crippen molar-refractivity contribution in [3.05, 3.63) is 66.5 Å². The first-order chi connectivity index (χ1) is 12.9. The van der Waals surface area contributed by atoms with Crippen molar-refractivity contribution in [2.45, 2.75) is 11.8 Å². The van der Waals surface area contributed by atoms with Crippen LogP contribution in [0.5, 0.6) is 5.75 Å². The summed E-state index contributed by atoms with van der Waals surface area (Å²) in [5.74, 6) is -0.0959. The summed E-state index contributed by atoms with van der Waals surface area (Å²) in [4.78, 5) is 12.8. The van der Waals surface area contributed by atoms with Crippen LogP contribution in [0.15, 0.2) is 65.7 Å². The van der Waals surface area contributed by atoms with Crippen LogP contribution in [0.1, 0.15) is 17.4 Å². The zero-order valence-electron chi connectivity index (χ0n) is 14.9. The highest BCUT2D eigenvalue weighted by Gasteiger charge is 2.19. The average Bonchev–Trinajstić information content (AvgIpc) is 3.14. The van der Waals surface area contributed by atoms with Gasteiger partial charge in [0.05, 0.1) is 29.6 Å². The number of sulfone groups is 1. The first-order valence-electron chi connectivity index (χ1n) is 8.28. The van der Waals surface area contributed by atoms with Crippen LogP contribution in [0, 0.1) is 0 Å². The topological polar surface area (TPSA) is 90.3 Å². The largest absolute Gasteiger partial charge is 0.493 e. The zero-order valence-corrected chi connectivity index (χ0v) is 15.7. The molecular weight excluding hydrogens is 366 g/mol. The van der Waals surface area contributed by atoms with Crippen molar-refractivity contribution >= 4 is 21.4 Å². The number of para-hydroxylation sites is 1. The highest BCUT2D eigenvalue weighted by molar-refractivity contribution is 7.91. The van der Waals surface area contributed by atoms with E-state index in [0.29, 0.717) is 11.4 Å². The second kappa shape index (κ2) is 7.63. The summed E-state index contributed by atoms with van der Waals surface area (Å²) < 4.78 is 30.5. The molecule has 0 spiro atoms. The van der Waals surface area contributed by atoms with E-state index >= 15 is 0 Å². The molecule has 0 fully saturated rings. The van der Waals surface area contributed by atoms with Gasteiger partial charge in [0.2, 0.25) is 0 Å². The van der Waals surface area contributed by atoms with E-state index in [9.17, 15) is 13.2 Å². The first kappa shape index (κ1) is 18.7. The number of aromatic nitrogens is 2. The Balaban J connectivity index is 1.83. The number of hydrogen-bond acceptors (Lipinski definition) is 5. The molecule has 8 heteroatoms. The quantitative estimate of drug-likeness (QED) is 0.705. The third-order valence-electron chi connectivity index (χ3n) is 3.99. The second-order valence-corrected chi connectivity index (χ2v) is 7.99. The molecule has 0 aliphatic rings. The fraction of sp³-hybridized carbons (Fsp3) is 0.158. The SMILES string of the molecule is CCS(=O)(=O)c1ccc(NC(=O)c2nn(-c3ccccc3)cc2OC)cc1. The van der Waals surface area contributed by atoms with Gasteiger partial charge in [-0.3, -0.25) is 4.79 Å². The van der Waals surface area contributed by atoms with Gasteiger partial charge in [-0.15, -0.1) is 0 Å². The molecule has 3 aromatic rings. The predicted molar refractivity (Wildman–Crippen MR) is 102 cm³/mol. The lowest BCUT2D eigenvalue weighted by Gasteiger charge is -2.06. The van der Waals surface area contributed by atoms with E-state index < -0.39 is 15.7 Å². The third kappa shape index (κ3) is 4.01. The molecule has 0 aliphatic heterocycles. The van der Waals surface area contributed by atoms with Crippen LogP contribution in [0.4, 0.5) is 5.69 Å². The molecule has 1 N–H and O–H groups in total. The van der Waals surface area contributed by atoms with E-state index in [1.54, 1.807) is 29.9 Å². The van der Waals surface area contributed by atoms with Crippen molar-refractivity contribution in [3.63, 3.8) is 0 Å². The Labute approximate surface area is 157 Å². The highest BCUT2D eigenvalue weighted by atomic mass is 32.2. The van der Waals surface area contributed by atoms with Crippen LogP contribution >= 0.6 is 0 Å². The van der Waals surface area contributed by atoms with Crippen molar-refractivity contribution in [2.24, 2.45) is 0 Å². The van der Waals surface area contributed by atoms with Crippen LogP contribution in [0.2, 0.25) is 0 Å². The van der Waals surface area contributed by atoms with E-state index in [1.807, 2.05) is 30.3 Å². The number of nitrogens with one attached hydrogen (secondary N) is 1. The Kier molecular flexibility index (Phi) is 5.27. The van der Waals surface area contributed by atoms with E-state index in [2.05, 4.69) is 10.4 Å². The number of methoxy groups -OCH3 is 1. The van der Waals surface area contributed by atoms with Gasteiger partial charge in [-0.2, -0.15) is 5.10 Å². The molecule has 0 atom stereocenters. The molecule has 27 heavy (non-hydrogen) atoms. The van der Waals surface area contributed by atoms with Crippen molar-refractivity contribution in [1.29, 1.82) is 0 Å². The molecule has 2 aromatic carbocycles. The summed E-state index contributed by atoms with van der Waals surface area (Å²) >= 11 is 0. The van der Waals surface area contributed by atoms with E-state index in [0.717, 1.165) is 5.69 Å². The predicted octanol–water partition coefficient (Wildman–Crippen LogP) is 2.93. The Bertz CT molecular complexity index is 1040. The zero-order chi connectivity index (χ0) is 19.4. The molecule has 0 bridgehead atoms. The fourth-order valence-electron chi connectivity index (χ4n) is 2.48.